The second-order valence-corrected chi connectivity index (χ2v) is 9.52. The molecule has 0 spiro atoms. The van der Waals surface area contributed by atoms with E-state index in [-0.39, 0.29) is 16.9 Å². The van der Waals surface area contributed by atoms with Crippen LogP contribution in [0.2, 0.25) is 0 Å². The first kappa shape index (κ1) is 21.1. The monoisotopic (exact) mass is 473 g/mol. The van der Waals surface area contributed by atoms with Gasteiger partial charge in [0.1, 0.15) is 0 Å². The van der Waals surface area contributed by atoms with Gasteiger partial charge in [0.25, 0.3) is 5.91 Å². The average molecular weight is 474 g/mol. The normalized spacial score (nSPS) is 18.4. The van der Waals surface area contributed by atoms with Gasteiger partial charge in [0.15, 0.2) is 0 Å². The molecule has 2 aliphatic rings. The SMILES string of the molecule is CCOC(=O)N1CCN(C(=O)c2cc(S(=O)(=O)N3CCCC3)ccc2Br)CC1. The topological polar surface area (TPSA) is 87.2 Å². The number of hydrogen-bond donors (Lipinski definition) is 0. The maximum atomic E-state index is 13.0. The lowest BCUT2D eigenvalue weighted by molar-refractivity contribution is 0.0569. The molecule has 2 saturated heterocycles. The van der Waals surface area contributed by atoms with Gasteiger partial charge in [-0.05, 0) is 53.9 Å². The predicted molar refractivity (Wildman–Crippen MR) is 107 cm³/mol. The first-order valence-electron chi connectivity index (χ1n) is 9.35. The van der Waals surface area contributed by atoms with Crippen LogP contribution in [0.1, 0.15) is 30.1 Å². The minimum absolute atomic E-state index is 0.131. The van der Waals surface area contributed by atoms with Crippen molar-refractivity contribution in [3.63, 3.8) is 0 Å². The van der Waals surface area contributed by atoms with E-state index >= 15 is 0 Å². The first-order chi connectivity index (χ1) is 13.3. The van der Waals surface area contributed by atoms with E-state index in [0.717, 1.165) is 12.8 Å². The van der Waals surface area contributed by atoms with Crippen LogP contribution in [0.5, 0.6) is 0 Å². The standard InChI is InChI=1S/C18H24BrN3O5S/c1-2-27-18(24)21-11-9-20(10-12-21)17(23)15-13-14(5-6-16(15)19)28(25,26)22-7-3-4-8-22/h5-6,13H,2-4,7-12H2,1H3. The van der Waals surface area contributed by atoms with Crippen molar-refractivity contribution in [3.05, 3.63) is 28.2 Å². The van der Waals surface area contributed by atoms with E-state index in [1.807, 2.05) is 0 Å². The van der Waals surface area contributed by atoms with E-state index in [9.17, 15) is 18.0 Å². The highest BCUT2D eigenvalue weighted by molar-refractivity contribution is 9.10. The van der Waals surface area contributed by atoms with Gasteiger partial charge < -0.3 is 14.5 Å². The number of nitrogens with zero attached hydrogens (tertiary/aromatic N) is 3. The van der Waals surface area contributed by atoms with Gasteiger partial charge in [0.2, 0.25) is 10.0 Å². The molecule has 1 aromatic carbocycles. The Bertz CT molecular complexity index is 847. The molecule has 0 atom stereocenters. The molecule has 8 nitrogen and oxygen atoms in total. The Balaban J connectivity index is 1.75. The Morgan fingerprint density at radius 1 is 1.04 bits per heavy atom. The van der Waals surface area contributed by atoms with Crippen LogP contribution in [0.4, 0.5) is 4.79 Å². The second-order valence-electron chi connectivity index (χ2n) is 6.73. The Labute approximate surface area is 173 Å². The third-order valence-electron chi connectivity index (χ3n) is 4.96. The van der Waals surface area contributed by atoms with E-state index < -0.39 is 10.0 Å². The van der Waals surface area contributed by atoms with E-state index in [4.69, 9.17) is 4.74 Å². The summed E-state index contributed by atoms with van der Waals surface area (Å²) in [5, 5.41) is 0. The minimum Gasteiger partial charge on any atom is -0.450 e. The second kappa shape index (κ2) is 8.79. The van der Waals surface area contributed by atoms with Gasteiger partial charge in [-0.1, -0.05) is 0 Å². The van der Waals surface area contributed by atoms with Crippen LogP contribution >= 0.6 is 15.9 Å². The van der Waals surface area contributed by atoms with Crippen LogP contribution in [-0.4, -0.2) is 80.4 Å². The fourth-order valence-corrected chi connectivity index (χ4v) is 5.34. The molecule has 154 valence electrons. The molecule has 2 aliphatic heterocycles. The van der Waals surface area contributed by atoms with E-state index in [1.165, 1.54) is 16.4 Å². The predicted octanol–water partition coefficient (Wildman–Crippen LogP) is 2.15. The molecule has 1 aromatic rings. The van der Waals surface area contributed by atoms with Crippen molar-refractivity contribution >= 4 is 38.0 Å². The first-order valence-corrected chi connectivity index (χ1v) is 11.6. The van der Waals surface area contributed by atoms with Crippen LogP contribution in [-0.2, 0) is 14.8 Å². The average Bonchev–Trinajstić information content (AvgIpc) is 3.24. The van der Waals surface area contributed by atoms with Crippen LogP contribution < -0.4 is 0 Å². The Morgan fingerprint density at radius 2 is 1.64 bits per heavy atom. The van der Waals surface area contributed by atoms with Crippen molar-refractivity contribution in [2.24, 2.45) is 0 Å². The van der Waals surface area contributed by atoms with Crippen molar-refractivity contribution in [1.82, 2.24) is 14.1 Å². The van der Waals surface area contributed by atoms with Crippen molar-refractivity contribution in [2.75, 3.05) is 45.9 Å². The number of hydrogen-bond acceptors (Lipinski definition) is 5. The third-order valence-corrected chi connectivity index (χ3v) is 7.55. The molecular weight excluding hydrogens is 450 g/mol. The maximum Gasteiger partial charge on any atom is 0.409 e. The maximum absolute atomic E-state index is 13.0. The molecule has 0 saturated carbocycles. The Morgan fingerprint density at radius 3 is 2.25 bits per heavy atom. The van der Waals surface area contributed by atoms with Crippen molar-refractivity contribution in [1.29, 1.82) is 0 Å². The van der Waals surface area contributed by atoms with Gasteiger partial charge in [-0.15, -0.1) is 0 Å². The van der Waals surface area contributed by atoms with E-state index in [0.29, 0.717) is 55.9 Å². The zero-order chi connectivity index (χ0) is 20.3. The summed E-state index contributed by atoms with van der Waals surface area (Å²) in [6.07, 6.45) is 1.33. The van der Waals surface area contributed by atoms with Gasteiger partial charge in [-0.3, -0.25) is 4.79 Å². The lowest BCUT2D eigenvalue weighted by Crippen LogP contribution is -2.50. The quantitative estimate of drug-likeness (QED) is 0.668. The molecule has 0 unspecified atom stereocenters. The van der Waals surface area contributed by atoms with E-state index in [1.54, 1.807) is 22.8 Å². The van der Waals surface area contributed by atoms with Crippen molar-refractivity contribution in [3.8, 4) is 0 Å². The summed E-state index contributed by atoms with van der Waals surface area (Å²) in [5.74, 6) is -0.256. The van der Waals surface area contributed by atoms with E-state index in [2.05, 4.69) is 15.9 Å². The van der Waals surface area contributed by atoms with Crippen molar-refractivity contribution in [2.45, 2.75) is 24.7 Å². The largest absolute Gasteiger partial charge is 0.450 e. The number of carbonyl (C=O) groups excluding carboxylic acids is 2. The zero-order valence-corrected chi connectivity index (χ0v) is 18.2. The van der Waals surface area contributed by atoms with Crippen LogP contribution in [0.25, 0.3) is 0 Å². The number of carbonyl (C=O) groups is 2. The highest BCUT2D eigenvalue weighted by atomic mass is 79.9. The smallest absolute Gasteiger partial charge is 0.409 e. The number of piperazine rings is 1. The van der Waals surface area contributed by atoms with Crippen molar-refractivity contribution < 1.29 is 22.7 Å². The zero-order valence-electron chi connectivity index (χ0n) is 15.8. The number of sulfonamides is 1. The molecule has 3 rings (SSSR count). The number of halogens is 1. The molecule has 2 fully saturated rings. The summed E-state index contributed by atoms with van der Waals surface area (Å²) in [6, 6.07) is 4.57. The molecule has 2 heterocycles. The number of benzene rings is 1. The highest BCUT2D eigenvalue weighted by Crippen LogP contribution is 2.26. The molecule has 0 bridgehead atoms. The lowest BCUT2D eigenvalue weighted by atomic mass is 10.2. The van der Waals surface area contributed by atoms with Gasteiger partial charge in [0, 0.05) is 43.7 Å². The van der Waals surface area contributed by atoms with Gasteiger partial charge in [-0.2, -0.15) is 4.31 Å². The summed E-state index contributed by atoms with van der Waals surface area (Å²) in [4.78, 5) is 28.1. The van der Waals surface area contributed by atoms with Crippen LogP contribution in [0, 0.1) is 0 Å². The van der Waals surface area contributed by atoms with Gasteiger partial charge >= 0.3 is 6.09 Å². The Hall–Kier alpha value is -1.65. The van der Waals surface area contributed by atoms with Gasteiger partial charge in [0.05, 0.1) is 17.1 Å². The molecule has 0 aromatic heterocycles. The number of ether oxygens (including phenoxy) is 1. The molecule has 0 N–H and O–H groups in total. The number of amides is 2. The summed E-state index contributed by atoms with van der Waals surface area (Å²) in [7, 11) is -3.60. The summed E-state index contributed by atoms with van der Waals surface area (Å²) in [6.45, 7) is 4.58. The third kappa shape index (κ3) is 4.33. The molecule has 10 heteroatoms. The highest BCUT2D eigenvalue weighted by Gasteiger charge is 2.30. The molecule has 0 radical (unpaired) electrons. The minimum atomic E-state index is -3.60. The molecule has 2 amide bonds. The summed E-state index contributed by atoms with van der Waals surface area (Å²) >= 11 is 3.36. The summed E-state index contributed by atoms with van der Waals surface area (Å²) < 4.78 is 32.6. The molecular formula is C18H24BrN3O5S. The fraction of sp³-hybridized carbons (Fsp3) is 0.556. The molecule has 0 aliphatic carbocycles. The van der Waals surface area contributed by atoms with Gasteiger partial charge in [-0.25, -0.2) is 13.2 Å². The van der Waals surface area contributed by atoms with Crippen LogP contribution in [0.15, 0.2) is 27.6 Å². The van der Waals surface area contributed by atoms with Crippen LogP contribution in [0.3, 0.4) is 0 Å². The Kier molecular flexibility index (Phi) is 6.61. The lowest BCUT2D eigenvalue weighted by Gasteiger charge is -2.34. The fourth-order valence-electron chi connectivity index (χ4n) is 3.38. The number of rotatable bonds is 4. The summed E-state index contributed by atoms with van der Waals surface area (Å²) in [5.41, 5.74) is 0.310. The molecule has 28 heavy (non-hydrogen) atoms.